The number of benzene rings is 2. The highest BCUT2D eigenvalue weighted by molar-refractivity contribution is 6.22. The van der Waals surface area contributed by atoms with Gasteiger partial charge >= 0.3 is 0 Å². The van der Waals surface area contributed by atoms with Crippen molar-refractivity contribution in [2.24, 2.45) is 4.99 Å². The molecule has 0 fully saturated rings. The van der Waals surface area contributed by atoms with Crippen molar-refractivity contribution in [2.75, 3.05) is 19.0 Å². The molecule has 2 heterocycles. The number of hydrogen-bond acceptors (Lipinski definition) is 3. The zero-order valence-electron chi connectivity index (χ0n) is 12.9. The Morgan fingerprint density at radius 3 is 2.83 bits per heavy atom. The van der Waals surface area contributed by atoms with Crippen LogP contribution >= 0.6 is 0 Å². The predicted molar refractivity (Wildman–Crippen MR) is 90.4 cm³/mol. The van der Waals surface area contributed by atoms with Crippen molar-refractivity contribution in [1.82, 2.24) is 4.98 Å². The summed E-state index contributed by atoms with van der Waals surface area (Å²) in [6.45, 7) is -0.0666. The van der Waals surface area contributed by atoms with Crippen molar-refractivity contribution >= 4 is 28.2 Å². The number of carbonyl (C=O) groups excluding carboxylic acids is 1. The Kier molecular flexibility index (Phi) is 3.30. The lowest BCUT2D eigenvalue weighted by atomic mass is 10.0. The topological polar surface area (TPSA) is 66.5 Å². The molecular formula is C18H14FN3O2. The lowest BCUT2D eigenvalue weighted by Crippen LogP contribution is -2.13. The van der Waals surface area contributed by atoms with E-state index in [9.17, 15) is 9.18 Å². The van der Waals surface area contributed by atoms with Crippen LogP contribution in [0.5, 0.6) is 5.75 Å². The Bertz CT molecular complexity index is 991. The van der Waals surface area contributed by atoms with E-state index in [4.69, 9.17) is 4.74 Å². The summed E-state index contributed by atoms with van der Waals surface area (Å²) in [6.07, 6.45) is 0. The molecule has 1 aliphatic heterocycles. The van der Waals surface area contributed by atoms with Crippen LogP contribution in [-0.2, 0) is 4.79 Å². The van der Waals surface area contributed by atoms with Gasteiger partial charge in [0.15, 0.2) is 11.6 Å². The van der Waals surface area contributed by atoms with Crippen molar-refractivity contribution in [2.45, 2.75) is 0 Å². The van der Waals surface area contributed by atoms with E-state index in [1.807, 2.05) is 24.3 Å². The van der Waals surface area contributed by atoms with Gasteiger partial charge in [-0.15, -0.1) is 0 Å². The van der Waals surface area contributed by atoms with Gasteiger partial charge < -0.3 is 15.0 Å². The van der Waals surface area contributed by atoms with Crippen molar-refractivity contribution in [3.8, 4) is 5.75 Å². The van der Waals surface area contributed by atoms with E-state index in [-0.39, 0.29) is 18.2 Å². The molecule has 6 heteroatoms. The predicted octanol–water partition coefficient (Wildman–Crippen LogP) is 3.11. The third kappa shape index (κ3) is 2.15. The molecule has 5 nitrogen and oxygen atoms in total. The Labute approximate surface area is 137 Å². The zero-order valence-corrected chi connectivity index (χ0v) is 12.9. The number of nitrogens with one attached hydrogen (secondary N) is 2. The van der Waals surface area contributed by atoms with Crippen molar-refractivity contribution in [1.29, 1.82) is 0 Å². The van der Waals surface area contributed by atoms with E-state index >= 15 is 0 Å². The molecule has 1 aromatic heterocycles. The van der Waals surface area contributed by atoms with Crippen molar-refractivity contribution < 1.29 is 13.9 Å². The molecule has 0 spiro atoms. The number of rotatable bonds is 2. The van der Waals surface area contributed by atoms with Gasteiger partial charge in [0.2, 0.25) is 5.91 Å². The summed E-state index contributed by atoms with van der Waals surface area (Å²) in [5.74, 6) is -0.603. The Morgan fingerprint density at radius 1 is 1.17 bits per heavy atom. The smallest absolute Gasteiger partial charge is 0.246 e. The van der Waals surface area contributed by atoms with Crippen LogP contribution in [0, 0.1) is 5.82 Å². The number of H-pyrrole nitrogens is 1. The minimum absolute atomic E-state index is 0.0666. The maximum absolute atomic E-state index is 14.7. The molecule has 0 saturated heterocycles. The number of aromatic nitrogens is 1. The fourth-order valence-electron chi connectivity index (χ4n) is 2.93. The molecular weight excluding hydrogens is 309 g/mol. The Hall–Kier alpha value is -3.15. The lowest BCUT2D eigenvalue weighted by molar-refractivity contribution is -0.114. The van der Waals surface area contributed by atoms with E-state index in [2.05, 4.69) is 15.3 Å². The van der Waals surface area contributed by atoms with Gasteiger partial charge in [-0.1, -0.05) is 24.3 Å². The number of nitrogens with zero attached hydrogens (tertiary/aromatic N) is 1. The molecule has 2 N–H and O–H groups in total. The molecule has 2 aromatic carbocycles. The first kappa shape index (κ1) is 14.4. The van der Waals surface area contributed by atoms with Crippen LogP contribution in [0.25, 0.3) is 10.9 Å². The number of aromatic amines is 1. The monoisotopic (exact) mass is 323 g/mol. The highest BCUT2D eigenvalue weighted by Crippen LogP contribution is 2.32. The second-order valence-electron chi connectivity index (χ2n) is 5.46. The molecule has 1 aliphatic rings. The summed E-state index contributed by atoms with van der Waals surface area (Å²) in [5.41, 5.74) is 2.75. The number of halogens is 1. The van der Waals surface area contributed by atoms with E-state index in [0.717, 1.165) is 10.9 Å². The van der Waals surface area contributed by atoms with Crippen molar-refractivity contribution in [3.05, 3.63) is 59.5 Å². The molecule has 24 heavy (non-hydrogen) atoms. The molecule has 0 saturated carbocycles. The lowest BCUT2D eigenvalue weighted by Gasteiger charge is -2.09. The largest absolute Gasteiger partial charge is 0.494 e. The number of ether oxygens (including phenoxy) is 1. The number of carbonyl (C=O) groups is 1. The fraction of sp³-hybridized carbons (Fsp3) is 0.111. The third-order valence-corrected chi connectivity index (χ3v) is 4.03. The summed E-state index contributed by atoms with van der Waals surface area (Å²) < 4.78 is 19.8. The van der Waals surface area contributed by atoms with Crippen LogP contribution in [0.2, 0.25) is 0 Å². The van der Waals surface area contributed by atoms with Crippen LogP contribution in [0.3, 0.4) is 0 Å². The number of aliphatic imine (C=N–C) groups is 1. The average molecular weight is 323 g/mol. The van der Waals surface area contributed by atoms with Gasteiger partial charge in [0.25, 0.3) is 0 Å². The van der Waals surface area contributed by atoms with Crippen molar-refractivity contribution in [3.63, 3.8) is 0 Å². The Balaban J connectivity index is 1.99. The molecule has 0 unspecified atom stereocenters. The zero-order chi connectivity index (χ0) is 16.7. The first-order valence-electron chi connectivity index (χ1n) is 7.47. The second kappa shape index (κ2) is 5.49. The van der Waals surface area contributed by atoms with Crippen LogP contribution in [0.4, 0.5) is 10.1 Å². The first-order valence-corrected chi connectivity index (χ1v) is 7.47. The number of para-hydroxylation sites is 1. The highest BCUT2D eigenvalue weighted by atomic mass is 19.1. The number of methoxy groups -OCH3 is 1. The third-order valence-electron chi connectivity index (χ3n) is 4.03. The summed E-state index contributed by atoms with van der Waals surface area (Å²) in [7, 11) is 1.41. The standard InChI is InChI=1S/C18H14FN3O2/c1-24-13-8-4-6-11(15(13)19)16-18-17(22-14(23)9-20-16)10-5-2-3-7-12(10)21-18/h2-8,21H,9H2,1H3,(H,22,23). The van der Waals surface area contributed by atoms with E-state index < -0.39 is 5.82 Å². The van der Waals surface area contributed by atoms with E-state index in [0.29, 0.717) is 22.7 Å². The molecule has 0 bridgehead atoms. The minimum Gasteiger partial charge on any atom is -0.494 e. The number of anilines is 1. The Morgan fingerprint density at radius 2 is 2.00 bits per heavy atom. The first-order chi connectivity index (χ1) is 11.7. The summed E-state index contributed by atoms with van der Waals surface area (Å²) in [4.78, 5) is 19.6. The van der Waals surface area contributed by atoms with Crippen LogP contribution in [0.1, 0.15) is 11.3 Å². The minimum atomic E-state index is -0.502. The molecule has 120 valence electrons. The summed E-state index contributed by atoms with van der Waals surface area (Å²) in [5, 5.41) is 3.71. The molecule has 1 amide bonds. The van der Waals surface area contributed by atoms with Crippen LogP contribution < -0.4 is 10.1 Å². The number of amides is 1. The van der Waals surface area contributed by atoms with Gasteiger partial charge in [-0.2, -0.15) is 0 Å². The molecule has 4 rings (SSSR count). The summed E-state index contributed by atoms with van der Waals surface area (Å²) in [6, 6.07) is 12.4. The van der Waals surface area contributed by atoms with Crippen LogP contribution in [-0.4, -0.2) is 30.3 Å². The molecule has 0 radical (unpaired) electrons. The van der Waals surface area contributed by atoms with E-state index in [1.165, 1.54) is 7.11 Å². The maximum atomic E-state index is 14.7. The number of hydrogen-bond donors (Lipinski definition) is 2. The van der Waals surface area contributed by atoms with Gasteiger partial charge in [-0.05, 0) is 18.2 Å². The SMILES string of the molecule is COc1cccc(C2=NCC(=O)Nc3c2[nH]c2ccccc32)c1F. The van der Waals surface area contributed by atoms with Gasteiger partial charge in [-0.3, -0.25) is 9.79 Å². The van der Waals surface area contributed by atoms with Crippen LogP contribution in [0.15, 0.2) is 47.5 Å². The maximum Gasteiger partial charge on any atom is 0.246 e. The fourth-order valence-corrected chi connectivity index (χ4v) is 2.93. The van der Waals surface area contributed by atoms with Gasteiger partial charge in [-0.25, -0.2) is 4.39 Å². The molecule has 0 atom stereocenters. The van der Waals surface area contributed by atoms with Gasteiger partial charge in [0.1, 0.15) is 6.54 Å². The van der Waals surface area contributed by atoms with Gasteiger partial charge in [0, 0.05) is 16.5 Å². The second-order valence-corrected chi connectivity index (χ2v) is 5.46. The molecule has 3 aromatic rings. The molecule has 0 aliphatic carbocycles. The van der Waals surface area contributed by atoms with Gasteiger partial charge in [0.05, 0.1) is 24.2 Å². The number of fused-ring (bicyclic) bond motifs is 3. The normalized spacial score (nSPS) is 13.9. The quantitative estimate of drug-likeness (QED) is 0.761. The average Bonchev–Trinajstić information content (AvgIpc) is 2.86. The highest BCUT2D eigenvalue weighted by Gasteiger charge is 2.25. The summed E-state index contributed by atoms with van der Waals surface area (Å²) >= 11 is 0. The van der Waals surface area contributed by atoms with E-state index in [1.54, 1.807) is 18.2 Å².